The Morgan fingerprint density at radius 2 is 1.78 bits per heavy atom. The van der Waals surface area contributed by atoms with Gasteiger partial charge in [-0.25, -0.2) is 0 Å². The lowest BCUT2D eigenvalue weighted by Gasteiger charge is -2.57. The monoisotopic (exact) mass is 252 g/mol. The first-order chi connectivity index (χ1) is 8.64. The molecule has 102 valence electrons. The van der Waals surface area contributed by atoms with Crippen LogP contribution in [0.15, 0.2) is 0 Å². The van der Waals surface area contributed by atoms with Crippen molar-refractivity contribution in [3.63, 3.8) is 0 Å². The van der Waals surface area contributed by atoms with E-state index < -0.39 is 6.10 Å². The number of amides is 1. The van der Waals surface area contributed by atoms with Crippen molar-refractivity contribution in [2.45, 2.75) is 50.2 Å². The zero-order valence-electron chi connectivity index (χ0n) is 11.2. The second-order valence-corrected chi connectivity index (χ2v) is 6.65. The highest BCUT2D eigenvalue weighted by Gasteiger charge is 2.51. The number of nitrogens with one attached hydrogen (secondary N) is 1. The van der Waals surface area contributed by atoms with Crippen LogP contribution in [0.25, 0.3) is 0 Å². The van der Waals surface area contributed by atoms with Crippen LogP contribution in [0.2, 0.25) is 0 Å². The van der Waals surface area contributed by atoms with Gasteiger partial charge in [0.15, 0.2) is 0 Å². The third-order valence-corrected chi connectivity index (χ3v) is 5.22. The van der Waals surface area contributed by atoms with Gasteiger partial charge in [0.1, 0.15) is 6.10 Å². The molecule has 4 rings (SSSR count). The molecule has 4 bridgehead atoms. The predicted octanol–water partition coefficient (Wildman–Crippen LogP) is 1.05. The first-order valence-corrected chi connectivity index (χ1v) is 7.19. The van der Waals surface area contributed by atoms with E-state index in [9.17, 15) is 4.79 Å². The van der Waals surface area contributed by atoms with Crippen molar-refractivity contribution >= 4 is 5.91 Å². The molecule has 18 heavy (non-hydrogen) atoms. The highest BCUT2D eigenvalue weighted by Crippen LogP contribution is 2.55. The Morgan fingerprint density at radius 1 is 1.28 bits per heavy atom. The summed E-state index contributed by atoms with van der Waals surface area (Å²) in [6.07, 6.45) is 7.19. The van der Waals surface area contributed by atoms with Crippen LogP contribution in [0.5, 0.6) is 0 Å². The molecule has 4 aliphatic rings. The maximum absolute atomic E-state index is 12.2. The molecule has 0 heterocycles. The lowest BCUT2D eigenvalue weighted by molar-refractivity contribution is -0.136. The van der Waals surface area contributed by atoms with Crippen molar-refractivity contribution in [2.24, 2.45) is 23.5 Å². The molecule has 0 radical (unpaired) electrons. The van der Waals surface area contributed by atoms with E-state index in [0.717, 1.165) is 17.8 Å². The second kappa shape index (κ2) is 4.49. The van der Waals surface area contributed by atoms with E-state index in [2.05, 4.69) is 5.32 Å². The van der Waals surface area contributed by atoms with Crippen LogP contribution < -0.4 is 11.1 Å². The topological polar surface area (TPSA) is 64.3 Å². The van der Waals surface area contributed by atoms with Gasteiger partial charge in [-0.15, -0.1) is 0 Å². The zero-order chi connectivity index (χ0) is 12.8. The number of ether oxygens (including phenoxy) is 1. The Labute approximate surface area is 109 Å². The molecule has 3 N–H and O–H groups in total. The molecule has 0 aromatic rings. The van der Waals surface area contributed by atoms with Gasteiger partial charge < -0.3 is 15.8 Å². The number of rotatable bonds is 4. The first-order valence-electron chi connectivity index (χ1n) is 7.19. The van der Waals surface area contributed by atoms with Crippen LogP contribution >= 0.6 is 0 Å². The van der Waals surface area contributed by atoms with Crippen LogP contribution in [0.3, 0.4) is 0 Å². The molecule has 4 nitrogen and oxygen atoms in total. The fourth-order valence-electron chi connectivity index (χ4n) is 4.92. The minimum atomic E-state index is -0.488. The van der Waals surface area contributed by atoms with Crippen molar-refractivity contribution in [3.8, 4) is 0 Å². The Bertz CT molecular complexity index is 303. The Hall–Kier alpha value is -0.610. The second-order valence-electron chi connectivity index (χ2n) is 6.65. The molecule has 4 saturated carbocycles. The molecule has 0 aromatic carbocycles. The maximum Gasteiger partial charge on any atom is 0.250 e. The largest absolute Gasteiger partial charge is 0.370 e. The lowest BCUT2D eigenvalue weighted by atomic mass is 9.53. The molecule has 4 heteroatoms. The minimum Gasteiger partial charge on any atom is -0.370 e. The molecular weight excluding hydrogens is 228 g/mol. The molecule has 4 aliphatic carbocycles. The van der Waals surface area contributed by atoms with Crippen LogP contribution in [-0.2, 0) is 9.53 Å². The Morgan fingerprint density at radius 3 is 2.17 bits per heavy atom. The van der Waals surface area contributed by atoms with Crippen molar-refractivity contribution in [1.29, 1.82) is 0 Å². The third-order valence-electron chi connectivity index (χ3n) is 5.22. The lowest BCUT2D eigenvalue weighted by Crippen LogP contribution is -2.61. The quantitative estimate of drug-likeness (QED) is 0.786. The zero-order valence-corrected chi connectivity index (χ0v) is 11.2. The standard InChI is InChI=1S/C14H24N2O2/c1-18-12(8-15)13(17)16-14-5-9-2-10(6-14)4-11(3-9)7-14/h9-12H,2-8,15H2,1H3,(H,16,17). The molecule has 1 amide bonds. The Balaban J connectivity index is 1.70. The highest BCUT2D eigenvalue weighted by molar-refractivity contribution is 5.81. The number of carbonyl (C=O) groups excluding carboxylic acids is 1. The van der Waals surface area contributed by atoms with Crippen molar-refractivity contribution in [3.05, 3.63) is 0 Å². The van der Waals surface area contributed by atoms with Crippen LogP contribution in [0, 0.1) is 17.8 Å². The number of methoxy groups -OCH3 is 1. The van der Waals surface area contributed by atoms with E-state index in [1.807, 2.05) is 0 Å². The molecule has 0 spiro atoms. The smallest absolute Gasteiger partial charge is 0.250 e. The molecule has 1 atom stereocenters. The van der Waals surface area contributed by atoms with Crippen molar-refractivity contribution in [2.75, 3.05) is 13.7 Å². The highest BCUT2D eigenvalue weighted by atomic mass is 16.5. The molecule has 0 aliphatic heterocycles. The summed E-state index contributed by atoms with van der Waals surface area (Å²) in [4.78, 5) is 12.2. The average Bonchev–Trinajstić information content (AvgIpc) is 2.27. The molecular formula is C14H24N2O2. The number of nitrogens with two attached hydrogens (primary N) is 1. The van der Waals surface area contributed by atoms with Crippen LogP contribution in [0.4, 0.5) is 0 Å². The van der Waals surface area contributed by atoms with E-state index in [4.69, 9.17) is 10.5 Å². The molecule has 0 aromatic heterocycles. The minimum absolute atomic E-state index is 0.0121. The van der Waals surface area contributed by atoms with Crippen molar-refractivity contribution in [1.82, 2.24) is 5.32 Å². The van der Waals surface area contributed by atoms with Gasteiger partial charge in [0.2, 0.25) is 0 Å². The maximum atomic E-state index is 12.2. The normalized spacial score (nSPS) is 42.9. The van der Waals surface area contributed by atoms with Crippen LogP contribution in [0.1, 0.15) is 38.5 Å². The Kier molecular flexibility index (Phi) is 3.10. The van der Waals surface area contributed by atoms with E-state index in [1.54, 1.807) is 7.11 Å². The van der Waals surface area contributed by atoms with Crippen LogP contribution in [-0.4, -0.2) is 31.2 Å². The summed E-state index contributed by atoms with van der Waals surface area (Å²) in [6.45, 7) is 0.259. The van der Waals surface area contributed by atoms with Gasteiger partial charge >= 0.3 is 0 Å². The van der Waals surface area contributed by atoms with Gasteiger partial charge in [-0.2, -0.15) is 0 Å². The summed E-state index contributed by atoms with van der Waals surface area (Å²) in [5.41, 5.74) is 5.63. The van der Waals surface area contributed by atoms with E-state index >= 15 is 0 Å². The fourth-order valence-corrected chi connectivity index (χ4v) is 4.92. The summed E-state index contributed by atoms with van der Waals surface area (Å²) in [5, 5.41) is 3.28. The fraction of sp³-hybridized carbons (Fsp3) is 0.929. The molecule has 1 unspecified atom stereocenters. The summed E-state index contributed by atoms with van der Waals surface area (Å²) in [7, 11) is 1.55. The summed E-state index contributed by atoms with van der Waals surface area (Å²) in [5.74, 6) is 2.52. The van der Waals surface area contributed by atoms with Gasteiger partial charge in [-0.1, -0.05) is 0 Å². The number of carbonyl (C=O) groups is 1. The van der Waals surface area contributed by atoms with Gasteiger partial charge in [0.05, 0.1) is 0 Å². The third kappa shape index (κ3) is 2.05. The SMILES string of the molecule is COC(CN)C(=O)NC12CC3CC(CC(C3)C1)C2. The number of hydrogen-bond acceptors (Lipinski definition) is 3. The summed E-state index contributed by atoms with van der Waals surface area (Å²) in [6, 6.07) is 0. The van der Waals surface area contributed by atoms with E-state index in [0.29, 0.717) is 0 Å². The van der Waals surface area contributed by atoms with Gasteiger partial charge in [-0.3, -0.25) is 4.79 Å². The first kappa shape index (κ1) is 12.4. The number of hydrogen-bond donors (Lipinski definition) is 2. The van der Waals surface area contributed by atoms with E-state index in [-0.39, 0.29) is 18.0 Å². The predicted molar refractivity (Wildman–Crippen MR) is 68.9 cm³/mol. The summed E-state index contributed by atoms with van der Waals surface area (Å²) < 4.78 is 5.14. The molecule has 0 saturated heterocycles. The molecule has 4 fully saturated rings. The summed E-state index contributed by atoms with van der Waals surface area (Å²) >= 11 is 0. The van der Waals surface area contributed by atoms with Gasteiger partial charge in [0.25, 0.3) is 5.91 Å². The van der Waals surface area contributed by atoms with Gasteiger partial charge in [0, 0.05) is 19.2 Å². The van der Waals surface area contributed by atoms with Crippen molar-refractivity contribution < 1.29 is 9.53 Å². The van der Waals surface area contributed by atoms with E-state index in [1.165, 1.54) is 38.5 Å². The van der Waals surface area contributed by atoms with Gasteiger partial charge in [-0.05, 0) is 56.3 Å². The average molecular weight is 252 g/mol.